The first-order chi connectivity index (χ1) is 11.0. The lowest BCUT2D eigenvalue weighted by molar-refractivity contribution is -0.384. The summed E-state index contributed by atoms with van der Waals surface area (Å²) in [4.78, 5) is 10.3. The number of aromatic nitrogens is 3. The topological polar surface area (TPSA) is 85.9 Å². The maximum absolute atomic E-state index is 10.8. The lowest BCUT2D eigenvalue weighted by Gasteiger charge is -2.20. The van der Waals surface area contributed by atoms with E-state index in [-0.39, 0.29) is 21.8 Å². The number of hydrogen-bond acceptors (Lipinski definition) is 5. The molecule has 0 amide bonds. The van der Waals surface area contributed by atoms with Crippen molar-refractivity contribution in [1.82, 2.24) is 14.8 Å². The van der Waals surface area contributed by atoms with Crippen molar-refractivity contribution in [2.45, 2.75) is 38.8 Å². The van der Waals surface area contributed by atoms with Crippen LogP contribution in [0.25, 0.3) is 0 Å². The van der Waals surface area contributed by atoms with Gasteiger partial charge >= 0.3 is 0 Å². The van der Waals surface area contributed by atoms with Crippen molar-refractivity contribution in [3.63, 3.8) is 0 Å². The summed E-state index contributed by atoms with van der Waals surface area (Å²) in [6.07, 6.45) is 3.16. The lowest BCUT2D eigenvalue weighted by atomic mass is 10.1. The van der Waals surface area contributed by atoms with Crippen molar-refractivity contribution in [1.29, 1.82) is 0 Å². The molecule has 0 saturated carbocycles. The Morgan fingerprint density at radius 1 is 1.30 bits per heavy atom. The van der Waals surface area contributed by atoms with Crippen LogP contribution in [-0.2, 0) is 13.0 Å². The third kappa shape index (κ3) is 3.11. The third-order valence-corrected chi connectivity index (χ3v) is 4.47. The average molecular weight is 356 g/mol. The van der Waals surface area contributed by atoms with Crippen molar-refractivity contribution in [3.05, 3.63) is 43.9 Å². The first-order valence-electron chi connectivity index (χ1n) is 7.29. The standard InChI is InChI=1S/C14H15Cl2N5O2/c1-8(14-19-18-12-4-2-3-5-20(12)14)17-13-10(15)6-9(21(22)23)7-11(13)16/h6-8,17H,2-5H2,1H3. The zero-order valence-electron chi connectivity index (χ0n) is 12.4. The Morgan fingerprint density at radius 2 is 2.00 bits per heavy atom. The number of hydrogen-bond donors (Lipinski definition) is 1. The zero-order chi connectivity index (χ0) is 16.6. The quantitative estimate of drug-likeness (QED) is 0.661. The lowest BCUT2D eigenvalue weighted by Crippen LogP contribution is -2.18. The molecule has 1 aliphatic rings. The van der Waals surface area contributed by atoms with Gasteiger partial charge < -0.3 is 9.88 Å². The van der Waals surface area contributed by atoms with Gasteiger partial charge in [0, 0.05) is 25.1 Å². The summed E-state index contributed by atoms with van der Waals surface area (Å²) in [5.74, 6) is 1.80. The maximum atomic E-state index is 10.8. The summed E-state index contributed by atoms with van der Waals surface area (Å²) in [6.45, 7) is 2.82. The molecule has 1 aromatic heterocycles. The third-order valence-electron chi connectivity index (χ3n) is 3.87. The normalized spacial score (nSPS) is 15.1. The van der Waals surface area contributed by atoms with Gasteiger partial charge in [-0.2, -0.15) is 0 Å². The minimum Gasteiger partial charge on any atom is -0.373 e. The summed E-state index contributed by atoms with van der Waals surface area (Å²) >= 11 is 12.3. The molecule has 0 radical (unpaired) electrons. The molecule has 1 N–H and O–H groups in total. The molecule has 1 aromatic carbocycles. The van der Waals surface area contributed by atoms with Gasteiger partial charge in [0.2, 0.25) is 0 Å². The van der Waals surface area contributed by atoms with E-state index in [9.17, 15) is 10.1 Å². The highest BCUT2D eigenvalue weighted by Crippen LogP contribution is 2.36. The van der Waals surface area contributed by atoms with Crippen LogP contribution in [-0.4, -0.2) is 19.7 Å². The Labute approximate surface area is 142 Å². The van der Waals surface area contributed by atoms with E-state index in [1.807, 2.05) is 6.92 Å². The minimum atomic E-state index is -0.528. The average Bonchev–Trinajstić information content (AvgIpc) is 2.94. The Bertz CT molecular complexity index is 739. The van der Waals surface area contributed by atoms with Crippen molar-refractivity contribution in [3.8, 4) is 0 Å². The number of halogens is 2. The van der Waals surface area contributed by atoms with Crippen LogP contribution in [0.3, 0.4) is 0 Å². The number of aryl methyl sites for hydroxylation is 1. The van der Waals surface area contributed by atoms with E-state index < -0.39 is 4.92 Å². The van der Waals surface area contributed by atoms with Crippen molar-refractivity contribution < 1.29 is 4.92 Å². The van der Waals surface area contributed by atoms with Crippen LogP contribution in [0.2, 0.25) is 10.0 Å². The molecule has 0 bridgehead atoms. The maximum Gasteiger partial charge on any atom is 0.272 e. The highest BCUT2D eigenvalue weighted by Gasteiger charge is 2.22. The number of non-ortho nitro benzene ring substituents is 1. The number of nitrogens with one attached hydrogen (secondary N) is 1. The smallest absolute Gasteiger partial charge is 0.272 e. The molecule has 3 rings (SSSR count). The Kier molecular flexibility index (Phi) is 4.41. The van der Waals surface area contributed by atoms with Crippen molar-refractivity contribution >= 4 is 34.6 Å². The largest absolute Gasteiger partial charge is 0.373 e. The van der Waals surface area contributed by atoms with Crippen molar-refractivity contribution in [2.75, 3.05) is 5.32 Å². The first-order valence-corrected chi connectivity index (χ1v) is 8.05. The summed E-state index contributed by atoms with van der Waals surface area (Å²) in [5, 5.41) is 22.9. The molecule has 7 nitrogen and oxygen atoms in total. The molecule has 2 aromatic rings. The fraction of sp³-hybridized carbons (Fsp3) is 0.429. The summed E-state index contributed by atoms with van der Waals surface area (Å²) < 4.78 is 2.11. The van der Waals surface area contributed by atoms with Crippen LogP contribution in [0.5, 0.6) is 0 Å². The predicted molar refractivity (Wildman–Crippen MR) is 88.1 cm³/mol. The number of nitro benzene ring substituents is 1. The van der Waals surface area contributed by atoms with Crippen LogP contribution in [0.15, 0.2) is 12.1 Å². The molecule has 0 fully saturated rings. The van der Waals surface area contributed by atoms with Gasteiger partial charge in [0.1, 0.15) is 5.82 Å². The minimum absolute atomic E-state index is 0.141. The molecular formula is C14H15Cl2N5O2. The number of rotatable bonds is 4. The molecule has 2 heterocycles. The highest BCUT2D eigenvalue weighted by molar-refractivity contribution is 6.39. The summed E-state index contributed by atoms with van der Waals surface area (Å²) in [5.41, 5.74) is 0.317. The van der Waals surface area contributed by atoms with E-state index in [2.05, 4.69) is 20.1 Å². The van der Waals surface area contributed by atoms with Gasteiger partial charge in [-0.15, -0.1) is 10.2 Å². The van der Waals surface area contributed by atoms with Gasteiger partial charge in [-0.05, 0) is 19.8 Å². The number of anilines is 1. The SMILES string of the molecule is CC(Nc1c(Cl)cc([N+](=O)[O-])cc1Cl)c1nnc2n1CCCC2. The molecule has 1 aliphatic heterocycles. The van der Waals surface area contributed by atoms with Gasteiger partial charge in [-0.3, -0.25) is 10.1 Å². The van der Waals surface area contributed by atoms with Crippen LogP contribution in [0.1, 0.15) is 37.5 Å². The molecular weight excluding hydrogens is 341 g/mol. The second kappa shape index (κ2) is 6.33. The second-order valence-electron chi connectivity index (χ2n) is 5.49. The molecule has 1 unspecified atom stereocenters. The van der Waals surface area contributed by atoms with Gasteiger partial charge in [0.05, 0.1) is 26.7 Å². The highest BCUT2D eigenvalue weighted by atomic mass is 35.5. The fourth-order valence-electron chi connectivity index (χ4n) is 2.74. The van der Waals surface area contributed by atoms with Crippen LogP contribution in [0.4, 0.5) is 11.4 Å². The van der Waals surface area contributed by atoms with E-state index in [1.54, 1.807) is 0 Å². The van der Waals surface area contributed by atoms with E-state index in [4.69, 9.17) is 23.2 Å². The van der Waals surface area contributed by atoms with E-state index in [0.29, 0.717) is 5.69 Å². The fourth-order valence-corrected chi connectivity index (χ4v) is 3.32. The van der Waals surface area contributed by atoms with Gasteiger partial charge in [-0.25, -0.2) is 0 Å². The van der Waals surface area contributed by atoms with E-state index in [1.165, 1.54) is 12.1 Å². The number of fused-ring (bicyclic) bond motifs is 1. The van der Waals surface area contributed by atoms with Crippen LogP contribution in [0, 0.1) is 10.1 Å². The Balaban J connectivity index is 1.87. The zero-order valence-corrected chi connectivity index (χ0v) is 13.9. The van der Waals surface area contributed by atoms with Gasteiger partial charge in [-0.1, -0.05) is 23.2 Å². The van der Waals surface area contributed by atoms with Gasteiger partial charge in [0.15, 0.2) is 5.82 Å². The molecule has 0 saturated heterocycles. The monoisotopic (exact) mass is 355 g/mol. The van der Waals surface area contributed by atoms with Crippen LogP contribution < -0.4 is 5.32 Å². The Hall–Kier alpha value is -1.86. The number of nitrogens with zero attached hydrogens (tertiary/aromatic N) is 4. The second-order valence-corrected chi connectivity index (χ2v) is 6.31. The predicted octanol–water partition coefficient (Wildman–Crippen LogP) is 4.00. The molecule has 9 heteroatoms. The van der Waals surface area contributed by atoms with Crippen LogP contribution >= 0.6 is 23.2 Å². The summed E-state index contributed by atoms with van der Waals surface area (Å²) in [6, 6.07) is 2.38. The molecule has 122 valence electrons. The van der Waals surface area contributed by atoms with Crippen molar-refractivity contribution in [2.24, 2.45) is 0 Å². The molecule has 23 heavy (non-hydrogen) atoms. The number of nitro groups is 1. The molecule has 1 atom stereocenters. The summed E-state index contributed by atoms with van der Waals surface area (Å²) in [7, 11) is 0. The van der Waals surface area contributed by atoms with E-state index in [0.717, 1.165) is 37.5 Å². The molecule has 0 aliphatic carbocycles. The van der Waals surface area contributed by atoms with Gasteiger partial charge in [0.25, 0.3) is 5.69 Å². The van der Waals surface area contributed by atoms with E-state index >= 15 is 0 Å². The number of benzene rings is 1. The molecule has 0 spiro atoms. The Morgan fingerprint density at radius 3 is 2.65 bits per heavy atom. The first kappa shape index (κ1) is 16.0.